The molecule has 0 spiro atoms. The van der Waals surface area contributed by atoms with E-state index in [9.17, 15) is 4.39 Å². The van der Waals surface area contributed by atoms with Crippen molar-refractivity contribution in [3.63, 3.8) is 0 Å². The number of anilines is 2. The number of nitrogens with one attached hydrogen (secondary N) is 1. The lowest BCUT2D eigenvalue weighted by Crippen LogP contribution is -2.06. The molecule has 0 aliphatic carbocycles. The van der Waals surface area contributed by atoms with Gasteiger partial charge in [-0.2, -0.15) is 0 Å². The first-order valence-corrected chi connectivity index (χ1v) is 10.6. The van der Waals surface area contributed by atoms with Crippen molar-refractivity contribution in [1.82, 2.24) is 9.97 Å². The zero-order valence-electron chi connectivity index (χ0n) is 17.9. The molecule has 0 saturated heterocycles. The van der Waals surface area contributed by atoms with Crippen LogP contribution in [0.1, 0.15) is 46.2 Å². The third-order valence-electron chi connectivity index (χ3n) is 3.29. The molecule has 1 aromatic carbocycles. The van der Waals surface area contributed by atoms with E-state index >= 15 is 0 Å². The second-order valence-electron chi connectivity index (χ2n) is 5.37. The zero-order valence-corrected chi connectivity index (χ0v) is 18.7. The third kappa shape index (κ3) is 9.43. The molecule has 6 heteroatoms. The van der Waals surface area contributed by atoms with E-state index in [1.54, 1.807) is 17.5 Å². The Balaban J connectivity index is 0.00000116. The van der Waals surface area contributed by atoms with Crippen LogP contribution in [0.4, 0.5) is 15.9 Å². The van der Waals surface area contributed by atoms with Crippen molar-refractivity contribution in [3.05, 3.63) is 67.0 Å². The average Bonchev–Trinajstić information content (AvgIpc) is 2.75. The molecule has 0 aliphatic heterocycles. The van der Waals surface area contributed by atoms with Gasteiger partial charge in [0.1, 0.15) is 5.69 Å². The van der Waals surface area contributed by atoms with Gasteiger partial charge in [0, 0.05) is 17.1 Å². The highest BCUT2D eigenvalue weighted by molar-refractivity contribution is 8.10. The van der Waals surface area contributed by atoms with Gasteiger partial charge >= 0.3 is 0 Å². The number of nitrogens with zero attached hydrogens (tertiary/aromatic N) is 2. The molecule has 1 heterocycles. The van der Waals surface area contributed by atoms with Crippen LogP contribution in [-0.4, -0.2) is 16.5 Å². The number of benzene rings is 1. The second kappa shape index (κ2) is 16.4. The van der Waals surface area contributed by atoms with Crippen molar-refractivity contribution in [2.75, 3.05) is 17.6 Å². The predicted molar refractivity (Wildman–Crippen MR) is 131 cm³/mol. The minimum Gasteiger partial charge on any atom is -0.399 e. The van der Waals surface area contributed by atoms with Crippen LogP contribution in [0.2, 0.25) is 0 Å². The first-order valence-electron chi connectivity index (χ1n) is 9.76. The lowest BCUT2D eigenvalue weighted by molar-refractivity contribution is 0.718. The third-order valence-corrected chi connectivity index (χ3v) is 4.07. The standard InChI is InChI=1S/C17H19FN4S.C4H8.C2H6/c1-3-6-15(23-4-2)16-17(20-10-5-9-18)22-13-8-7-12(19)11-14(13)21-16;1-3-4-2;1-2/h4-9,11H,2-3,10,19H2,1H3,(H,20,22);3H,1,4H2,2H3;1-2H3/b9-5+,15-6-;;. The van der Waals surface area contributed by atoms with Gasteiger partial charge in [-0.1, -0.05) is 58.2 Å². The summed E-state index contributed by atoms with van der Waals surface area (Å²) in [5.41, 5.74) is 8.63. The highest BCUT2D eigenvalue weighted by Gasteiger charge is 2.13. The molecule has 4 nitrogen and oxygen atoms in total. The van der Waals surface area contributed by atoms with Gasteiger partial charge in [-0.05, 0) is 42.5 Å². The summed E-state index contributed by atoms with van der Waals surface area (Å²) in [7, 11) is 0. The molecule has 0 amide bonds. The van der Waals surface area contributed by atoms with Gasteiger partial charge < -0.3 is 11.1 Å². The monoisotopic (exact) mass is 416 g/mol. The van der Waals surface area contributed by atoms with Crippen molar-refractivity contribution >= 4 is 39.2 Å². The summed E-state index contributed by atoms with van der Waals surface area (Å²) in [5.74, 6) is 0.606. The summed E-state index contributed by atoms with van der Waals surface area (Å²) < 4.78 is 12.2. The fraction of sp³-hybridized carbons (Fsp3) is 0.304. The summed E-state index contributed by atoms with van der Waals surface area (Å²) >= 11 is 1.48. The smallest absolute Gasteiger partial charge is 0.154 e. The number of halogens is 1. The molecule has 3 N–H and O–H groups in total. The molecule has 0 unspecified atom stereocenters. The topological polar surface area (TPSA) is 63.8 Å². The molecular formula is C23H33FN4S. The number of nitrogens with two attached hydrogens (primary N) is 1. The van der Waals surface area contributed by atoms with Crippen molar-refractivity contribution in [2.24, 2.45) is 0 Å². The van der Waals surface area contributed by atoms with Crippen molar-refractivity contribution in [1.29, 1.82) is 0 Å². The number of allylic oxidation sites excluding steroid dienone is 2. The van der Waals surface area contributed by atoms with Crippen molar-refractivity contribution in [3.8, 4) is 0 Å². The normalized spacial score (nSPS) is 10.6. The summed E-state index contributed by atoms with van der Waals surface area (Å²) in [6, 6.07) is 5.39. The van der Waals surface area contributed by atoms with E-state index < -0.39 is 0 Å². The van der Waals surface area contributed by atoms with Gasteiger partial charge in [-0.15, -0.1) is 6.58 Å². The van der Waals surface area contributed by atoms with E-state index in [0.29, 0.717) is 30.1 Å². The predicted octanol–water partition coefficient (Wildman–Crippen LogP) is 7.34. The Morgan fingerprint density at radius 3 is 2.41 bits per heavy atom. The Morgan fingerprint density at radius 2 is 1.86 bits per heavy atom. The molecule has 0 bridgehead atoms. The Labute approximate surface area is 178 Å². The van der Waals surface area contributed by atoms with E-state index in [4.69, 9.17) is 10.7 Å². The second-order valence-corrected chi connectivity index (χ2v) is 6.38. The molecule has 158 valence electrons. The minimum atomic E-state index is 0.330. The first-order chi connectivity index (χ1) is 14.1. The maximum Gasteiger partial charge on any atom is 0.154 e. The van der Waals surface area contributed by atoms with Crippen molar-refractivity contribution in [2.45, 2.75) is 40.5 Å². The number of thioether (sulfide) groups is 1. The van der Waals surface area contributed by atoms with Gasteiger partial charge in [-0.25, -0.2) is 14.4 Å². The van der Waals surface area contributed by atoms with Gasteiger partial charge in [0.25, 0.3) is 0 Å². The molecule has 29 heavy (non-hydrogen) atoms. The fourth-order valence-electron chi connectivity index (χ4n) is 2.04. The number of rotatable bonds is 8. The van der Waals surface area contributed by atoms with Gasteiger partial charge in [0.2, 0.25) is 0 Å². The van der Waals surface area contributed by atoms with E-state index in [1.807, 2.05) is 26.0 Å². The fourth-order valence-corrected chi connectivity index (χ4v) is 2.74. The van der Waals surface area contributed by atoms with Crippen LogP contribution in [-0.2, 0) is 0 Å². The molecular weight excluding hydrogens is 383 g/mol. The number of fused-ring (bicyclic) bond motifs is 1. The molecule has 0 saturated carbocycles. The quantitative estimate of drug-likeness (QED) is 0.348. The highest BCUT2D eigenvalue weighted by atomic mass is 32.2. The highest BCUT2D eigenvalue weighted by Crippen LogP contribution is 2.33. The van der Waals surface area contributed by atoms with E-state index in [2.05, 4.69) is 43.4 Å². The van der Waals surface area contributed by atoms with Crippen LogP contribution < -0.4 is 11.1 Å². The molecule has 0 atom stereocenters. The van der Waals surface area contributed by atoms with Crippen LogP contribution in [0.25, 0.3) is 15.9 Å². The Morgan fingerprint density at radius 1 is 1.17 bits per heavy atom. The summed E-state index contributed by atoms with van der Waals surface area (Å²) in [4.78, 5) is 10.2. The Bertz CT molecular complexity index is 816. The van der Waals surface area contributed by atoms with Gasteiger partial charge in [-0.3, -0.25) is 0 Å². The molecule has 1 aromatic heterocycles. The first kappa shape index (κ1) is 26.4. The van der Waals surface area contributed by atoms with Gasteiger partial charge in [0.05, 0.1) is 17.4 Å². The lowest BCUT2D eigenvalue weighted by Gasteiger charge is -2.12. The minimum absolute atomic E-state index is 0.330. The van der Waals surface area contributed by atoms with Crippen molar-refractivity contribution < 1.29 is 4.39 Å². The average molecular weight is 417 g/mol. The lowest BCUT2D eigenvalue weighted by atomic mass is 10.2. The van der Waals surface area contributed by atoms with Crippen LogP contribution in [0.15, 0.2) is 61.3 Å². The Hall–Kier alpha value is -2.60. The van der Waals surface area contributed by atoms with Crippen LogP contribution in [0.5, 0.6) is 0 Å². The molecule has 0 fully saturated rings. The van der Waals surface area contributed by atoms with E-state index in [-0.39, 0.29) is 0 Å². The van der Waals surface area contributed by atoms with E-state index in [1.165, 1.54) is 17.8 Å². The molecule has 2 rings (SSSR count). The molecule has 0 aliphatic rings. The van der Waals surface area contributed by atoms with Gasteiger partial charge in [0.15, 0.2) is 5.82 Å². The molecule has 0 radical (unpaired) electrons. The number of hydrogen-bond acceptors (Lipinski definition) is 5. The zero-order chi connectivity index (χ0) is 22.1. The Kier molecular flexibility index (Phi) is 14.9. The largest absolute Gasteiger partial charge is 0.399 e. The number of aromatic nitrogens is 2. The number of hydrogen-bond donors (Lipinski definition) is 2. The van der Waals surface area contributed by atoms with Crippen LogP contribution in [0.3, 0.4) is 0 Å². The maximum absolute atomic E-state index is 12.2. The van der Waals surface area contributed by atoms with Crippen LogP contribution in [0, 0.1) is 0 Å². The summed E-state index contributed by atoms with van der Waals surface area (Å²) in [5, 5.41) is 4.85. The van der Waals surface area contributed by atoms with Crippen LogP contribution >= 0.6 is 11.8 Å². The number of nitrogen functional groups attached to an aromatic ring is 1. The van der Waals surface area contributed by atoms with E-state index in [0.717, 1.165) is 28.8 Å². The maximum atomic E-state index is 12.2. The summed E-state index contributed by atoms with van der Waals surface area (Å²) in [6.45, 7) is 15.7. The summed E-state index contributed by atoms with van der Waals surface area (Å²) in [6.07, 6.45) is 7.76. The SMILES string of the molecule is C=CCC.C=CS/C(=C\CC)c1nc2cc(N)ccc2nc1NC/C=C/F.CC. The molecule has 2 aromatic rings.